The number of benzene rings is 1. The second-order valence-electron chi connectivity index (χ2n) is 5.42. The molecule has 2 atom stereocenters. The summed E-state index contributed by atoms with van der Waals surface area (Å²) in [5.74, 6) is 1.13. The zero-order valence-corrected chi connectivity index (χ0v) is 11.4. The van der Waals surface area contributed by atoms with Crippen LogP contribution in [-0.4, -0.2) is 18.2 Å². The Hall–Kier alpha value is -1.22. The molecule has 0 aliphatic carbocycles. The molecule has 0 radical (unpaired) electrons. The van der Waals surface area contributed by atoms with Crippen molar-refractivity contribution in [2.24, 2.45) is 11.7 Å². The van der Waals surface area contributed by atoms with Gasteiger partial charge in [0.25, 0.3) is 0 Å². The minimum Gasteiger partial charge on any atom is -0.508 e. The van der Waals surface area contributed by atoms with Crippen LogP contribution in [0.2, 0.25) is 0 Å². The van der Waals surface area contributed by atoms with Crippen molar-refractivity contribution in [3.63, 3.8) is 0 Å². The van der Waals surface area contributed by atoms with Gasteiger partial charge in [-0.3, -0.25) is 0 Å². The Kier molecular flexibility index (Phi) is 4.12. The number of rotatable bonds is 4. The van der Waals surface area contributed by atoms with Crippen LogP contribution < -0.4 is 10.6 Å². The van der Waals surface area contributed by atoms with Crippen molar-refractivity contribution in [1.29, 1.82) is 0 Å². The quantitative estimate of drug-likeness (QED) is 0.861. The molecule has 0 bridgehead atoms. The van der Waals surface area contributed by atoms with Crippen molar-refractivity contribution in [2.75, 3.05) is 18.0 Å². The third-order valence-corrected chi connectivity index (χ3v) is 3.85. The highest BCUT2D eigenvalue weighted by molar-refractivity contribution is 5.54. The number of hydrogen-bond donors (Lipinski definition) is 2. The van der Waals surface area contributed by atoms with Crippen LogP contribution in [0.25, 0.3) is 0 Å². The molecule has 0 amide bonds. The lowest BCUT2D eigenvalue weighted by Crippen LogP contribution is -2.19. The van der Waals surface area contributed by atoms with E-state index in [1.807, 2.05) is 19.1 Å². The van der Waals surface area contributed by atoms with Crippen molar-refractivity contribution >= 4 is 5.69 Å². The van der Waals surface area contributed by atoms with Crippen LogP contribution >= 0.6 is 0 Å². The summed E-state index contributed by atoms with van der Waals surface area (Å²) in [5.41, 5.74) is 7.75. The highest BCUT2D eigenvalue weighted by Gasteiger charge is 2.22. The van der Waals surface area contributed by atoms with Gasteiger partial charge in [0.1, 0.15) is 5.75 Å². The predicted molar refractivity (Wildman–Crippen MR) is 75.9 cm³/mol. The number of hydrogen-bond acceptors (Lipinski definition) is 3. The maximum absolute atomic E-state index is 9.98. The summed E-state index contributed by atoms with van der Waals surface area (Å²) in [6.07, 6.45) is 3.83. The van der Waals surface area contributed by atoms with E-state index >= 15 is 0 Å². The molecule has 3 N–H and O–H groups in total. The summed E-state index contributed by atoms with van der Waals surface area (Å²) < 4.78 is 0. The summed E-state index contributed by atoms with van der Waals surface area (Å²) in [5, 5.41) is 9.98. The maximum Gasteiger partial charge on any atom is 0.122 e. The van der Waals surface area contributed by atoms with Gasteiger partial charge in [0.05, 0.1) is 0 Å². The normalized spacial score (nSPS) is 21.3. The first kappa shape index (κ1) is 13.2. The Morgan fingerprint density at radius 2 is 2.28 bits per heavy atom. The van der Waals surface area contributed by atoms with Crippen LogP contribution in [0.4, 0.5) is 5.69 Å². The zero-order chi connectivity index (χ0) is 13.1. The van der Waals surface area contributed by atoms with Crippen molar-refractivity contribution in [1.82, 2.24) is 0 Å². The molecule has 0 aromatic heterocycles. The lowest BCUT2D eigenvalue weighted by Gasteiger charge is -2.20. The molecule has 1 aliphatic rings. The van der Waals surface area contributed by atoms with Gasteiger partial charge in [-0.2, -0.15) is 0 Å². The molecule has 1 saturated heterocycles. The number of phenolic OH excluding ortho intramolecular Hbond substituents is 1. The van der Waals surface area contributed by atoms with Gasteiger partial charge in [0, 0.05) is 36.4 Å². The van der Waals surface area contributed by atoms with Crippen LogP contribution in [0.15, 0.2) is 18.2 Å². The molecule has 3 nitrogen and oxygen atoms in total. The molecule has 2 rings (SSSR count). The SMILES string of the molecule is CCCC1CCN(c2ccc(C(C)N)c(O)c2)C1. The maximum atomic E-state index is 9.98. The number of anilines is 1. The van der Waals surface area contributed by atoms with Gasteiger partial charge in [-0.15, -0.1) is 0 Å². The third-order valence-electron chi connectivity index (χ3n) is 3.85. The largest absolute Gasteiger partial charge is 0.508 e. The first-order valence-electron chi connectivity index (χ1n) is 6.95. The van der Waals surface area contributed by atoms with Crippen LogP contribution in [0.3, 0.4) is 0 Å². The molecule has 18 heavy (non-hydrogen) atoms. The van der Waals surface area contributed by atoms with Gasteiger partial charge >= 0.3 is 0 Å². The van der Waals surface area contributed by atoms with E-state index in [4.69, 9.17) is 5.73 Å². The van der Waals surface area contributed by atoms with Gasteiger partial charge in [-0.05, 0) is 31.7 Å². The van der Waals surface area contributed by atoms with Crippen molar-refractivity contribution in [3.05, 3.63) is 23.8 Å². The monoisotopic (exact) mass is 248 g/mol. The van der Waals surface area contributed by atoms with Crippen LogP contribution in [-0.2, 0) is 0 Å². The van der Waals surface area contributed by atoms with E-state index in [0.29, 0.717) is 5.75 Å². The van der Waals surface area contributed by atoms with E-state index < -0.39 is 0 Å². The standard InChI is InChI=1S/C15H24N2O/c1-3-4-12-7-8-17(10-12)13-5-6-14(11(2)16)15(18)9-13/h5-6,9,11-12,18H,3-4,7-8,10,16H2,1-2H3. The Labute approximate surface area is 110 Å². The molecule has 1 fully saturated rings. The molecule has 100 valence electrons. The van der Waals surface area contributed by atoms with Crippen LogP contribution in [0, 0.1) is 5.92 Å². The topological polar surface area (TPSA) is 49.5 Å². The summed E-state index contributed by atoms with van der Waals surface area (Å²) in [7, 11) is 0. The van der Waals surface area contributed by atoms with Gasteiger partial charge < -0.3 is 15.7 Å². The lowest BCUT2D eigenvalue weighted by atomic mass is 10.0. The molecule has 1 aromatic carbocycles. The fraction of sp³-hybridized carbons (Fsp3) is 0.600. The molecular weight excluding hydrogens is 224 g/mol. The number of phenols is 1. The van der Waals surface area contributed by atoms with E-state index in [2.05, 4.69) is 17.9 Å². The number of nitrogens with zero attached hydrogens (tertiary/aromatic N) is 1. The molecule has 0 spiro atoms. The van der Waals surface area contributed by atoms with Gasteiger partial charge in [0.2, 0.25) is 0 Å². The second-order valence-corrected chi connectivity index (χ2v) is 5.42. The molecule has 0 saturated carbocycles. The first-order valence-corrected chi connectivity index (χ1v) is 6.95. The highest BCUT2D eigenvalue weighted by Crippen LogP contribution is 2.31. The summed E-state index contributed by atoms with van der Waals surface area (Å²) in [6, 6.07) is 5.76. The Balaban J connectivity index is 2.09. The Morgan fingerprint density at radius 1 is 1.50 bits per heavy atom. The van der Waals surface area contributed by atoms with E-state index in [0.717, 1.165) is 30.3 Å². The highest BCUT2D eigenvalue weighted by atomic mass is 16.3. The minimum absolute atomic E-state index is 0.120. The third kappa shape index (κ3) is 2.78. The molecule has 2 unspecified atom stereocenters. The van der Waals surface area contributed by atoms with Gasteiger partial charge in [-0.25, -0.2) is 0 Å². The molecule has 1 aromatic rings. The minimum atomic E-state index is -0.120. The fourth-order valence-corrected chi connectivity index (χ4v) is 2.82. The van der Waals surface area contributed by atoms with E-state index in [9.17, 15) is 5.11 Å². The Morgan fingerprint density at radius 3 is 2.89 bits per heavy atom. The van der Waals surface area contributed by atoms with Crippen molar-refractivity contribution in [2.45, 2.75) is 39.2 Å². The molecule has 1 aliphatic heterocycles. The number of aromatic hydroxyl groups is 1. The lowest BCUT2D eigenvalue weighted by molar-refractivity contribution is 0.463. The van der Waals surface area contributed by atoms with Crippen molar-refractivity contribution < 1.29 is 5.11 Å². The van der Waals surface area contributed by atoms with Gasteiger partial charge in [-0.1, -0.05) is 19.4 Å². The smallest absolute Gasteiger partial charge is 0.122 e. The van der Waals surface area contributed by atoms with Crippen molar-refractivity contribution in [3.8, 4) is 5.75 Å². The Bertz CT molecular complexity index is 403. The molecule has 3 heteroatoms. The van der Waals surface area contributed by atoms with E-state index in [1.54, 1.807) is 0 Å². The summed E-state index contributed by atoms with van der Waals surface area (Å²) in [6.45, 7) is 6.35. The first-order chi connectivity index (χ1) is 8.61. The van der Waals surface area contributed by atoms with Crippen LogP contribution in [0.1, 0.15) is 44.7 Å². The zero-order valence-electron chi connectivity index (χ0n) is 11.4. The average Bonchev–Trinajstić information content (AvgIpc) is 2.77. The summed E-state index contributed by atoms with van der Waals surface area (Å²) >= 11 is 0. The molecule has 1 heterocycles. The van der Waals surface area contributed by atoms with Crippen LogP contribution in [0.5, 0.6) is 5.75 Å². The number of nitrogens with two attached hydrogens (primary N) is 1. The van der Waals surface area contributed by atoms with E-state index in [1.165, 1.54) is 19.3 Å². The fourth-order valence-electron chi connectivity index (χ4n) is 2.82. The molecular formula is C15H24N2O. The van der Waals surface area contributed by atoms with E-state index in [-0.39, 0.29) is 6.04 Å². The predicted octanol–water partition coefficient (Wildman–Crippen LogP) is 3.04. The van der Waals surface area contributed by atoms with Gasteiger partial charge in [0.15, 0.2) is 0 Å². The average molecular weight is 248 g/mol. The second kappa shape index (κ2) is 5.61. The summed E-state index contributed by atoms with van der Waals surface area (Å²) in [4.78, 5) is 2.37.